The van der Waals surface area contributed by atoms with Gasteiger partial charge in [-0.3, -0.25) is 5.43 Å². The smallest absolute Gasteiger partial charge is 0.203 e. The highest BCUT2D eigenvalue weighted by atomic mass is 35.5. The molecule has 0 fully saturated rings. The van der Waals surface area contributed by atoms with Crippen LogP contribution in [0.1, 0.15) is 5.56 Å². The quantitative estimate of drug-likeness (QED) is 0.311. The van der Waals surface area contributed by atoms with Crippen molar-refractivity contribution in [2.45, 2.75) is 0 Å². The van der Waals surface area contributed by atoms with E-state index < -0.39 is 0 Å². The summed E-state index contributed by atoms with van der Waals surface area (Å²) in [5, 5.41) is 11.9. The fraction of sp³-hybridized carbons (Fsp3) is 0. The molecule has 0 unspecified atom stereocenters. The summed E-state index contributed by atoms with van der Waals surface area (Å²) in [6.07, 6.45) is 1.73. The van der Waals surface area contributed by atoms with Crippen LogP contribution in [-0.2, 0) is 0 Å². The Morgan fingerprint density at radius 3 is 2.70 bits per heavy atom. The van der Waals surface area contributed by atoms with E-state index in [1.165, 1.54) is 11.3 Å². The van der Waals surface area contributed by atoms with Crippen LogP contribution in [0.4, 0.5) is 5.13 Å². The Hall–Kier alpha value is -2.67. The van der Waals surface area contributed by atoms with E-state index in [0.29, 0.717) is 32.3 Å². The van der Waals surface area contributed by atoms with Gasteiger partial charge in [0.25, 0.3) is 0 Å². The number of hydrogen-bond acceptors (Lipinski definition) is 6. The summed E-state index contributed by atoms with van der Waals surface area (Å²) in [4.78, 5) is 4.46. The molecule has 2 heterocycles. The predicted octanol–water partition coefficient (Wildman–Crippen LogP) is 6.22. The van der Waals surface area contributed by atoms with Crippen molar-refractivity contribution in [2.24, 2.45) is 5.10 Å². The van der Waals surface area contributed by atoms with Gasteiger partial charge in [0.15, 0.2) is 5.76 Å². The number of benzene rings is 2. The SMILES string of the molecule is Clc1ccc(-c2cc(-c3csc(N/N=C/c4ccccc4)n3)on2)c(Cl)c1. The molecule has 0 amide bonds. The molecule has 0 aliphatic rings. The van der Waals surface area contributed by atoms with Gasteiger partial charge in [0.1, 0.15) is 11.4 Å². The molecule has 8 heteroatoms. The second kappa shape index (κ2) is 7.92. The molecule has 0 saturated carbocycles. The maximum absolute atomic E-state index is 6.23. The van der Waals surface area contributed by atoms with Gasteiger partial charge in [-0.05, 0) is 23.8 Å². The van der Waals surface area contributed by atoms with Crippen LogP contribution in [0.25, 0.3) is 22.7 Å². The van der Waals surface area contributed by atoms with Crippen LogP contribution in [0, 0.1) is 0 Å². The number of halogens is 2. The maximum atomic E-state index is 6.23. The van der Waals surface area contributed by atoms with Crippen molar-refractivity contribution in [3.05, 3.63) is 75.6 Å². The van der Waals surface area contributed by atoms with Crippen LogP contribution in [0.15, 0.2) is 69.6 Å². The minimum Gasteiger partial charge on any atom is -0.354 e. The van der Waals surface area contributed by atoms with Crippen LogP contribution >= 0.6 is 34.5 Å². The maximum Gasteiger partial charge on any atom is 0.203 e. The molecular weight excluding hydrogens is 403 g/mol. The van der Waals surface area contributed by atoms with Crippen LogP contribution in [0.3, 0.4) is 0 Å². The number of hydrogen-bond donors (Lipinski definition) is 1. The third kappa shape index (κ3) is 4.19. The zero-order valence-electron chi connectivity index (χ0n) is 13.8. The molecule has 5 nitrogen and oxygen atoms in total. The van der Waals surface area contributed by atoms with Crippen molar-refractivity contribution in [3.8, 4) is 22.7 Å². The lowest BCUT2D eigenvalue weighted by Gasteiger charge is -1.99. The van der Waals surface area contributed by atoms with Gasteiger partial charge in [-0.25, -0.2) is 4.98 Å². The number of anilines is 1. The summed E-state index contributed by atoms with van der Waals surface area (Å²) in [6.45, 7) is 0. The Bertz CT molecular complexity index is 1090. The minimum atomic E-state index is 0.512. The molecule has 0 atom stereocenters. The zero-order valence-corrected chi connectivity index (χ0v) is 16.1. The number of nitrogens with one attached hydrogen (secondary N) is 1. The van der Waals surface area contributed by atoms with Crippen molar-refractivity contribution in [2.75, 3.05) is 5.43 Å². The molecule has 0 aliphatic carbocycles. The Balaban J connectivity index is 1.49. The molecule has 2 aromatic heterocycles. The predicted molar refractivity (Wildman–Crippen MR) is 111 cm³/mol. The summed E-state index contributed by atoms with van der Waals surface area (Å²) in [7, 11) is 0. The standard InChI is InChI=1S/C19H12Cl2N4OS/c20-13-6-7-14(15(21)8-13)16-9-18(26-25-16)17-11-27-19(23-17)24-22-10-12-4-2-1-3-5-12/h1-11H,(H,23,24)/b22-10+. The summed E-state index contributed by atoms with van der Waals surface area (Å²) in [6, 6.07) is 16.8. The highest BCUT2D eigenvalue weighted by Crippen LogP contribution is 2.33. The average Bonchev–Trinajstić information content (AvgIpc) is 3.32. The molecule has 0 saturated heterocycles. The lowest BCUT2D eigenvalue weighted by Crippen LogP contribution is -1.89. The van der Waals surface area contributed by atoms with Gasteiger partial charge in [0.05, 0.1) is 11.2 Å². The van der Waals surface area contributed by atoms with Crippen molar-refractivity contribution >= 4 is 45.9 Å². The summed E-state index contributed by atoms with van der Waals surface area (Å²) in [5.41, 5.74) is 5.95. The van der Waals surface area contributed by atoms with Gasteiger partial charge >= 0.3 is 0 Å². The van der Waals surface area contributed by atoms with Crippen LogP contribution in [-0.4, -0.2) is 16.4 Å². The minimum absolute atomic E-state index is 0.512. The highest BCUT2D eigenvalue weighted by molar-refractivity contribution is 7.14. The Labute approximate surface area is 169 Å². The van der Waals surface area contributed by atoms with Gasteiger partial charge in [0, 0.05) is 22.0 Å². The van der Waals surface area contributed by atoms with E-state index in [1.54, 1.807) is 30.5 Å². The normalized spacial score (nSPS) is 11.2. The van der Waals surface area contributed by atoms with E-state index in [4.69, 9.17) is 27.7 Å². The molecule has 0 aliphatic heterocycles. The zero-order chi connectivity index (χ0) is 18.6. The van der Waals surface area contributed by atoms with E-state index in [2.05, 4.69) is 20.7 Å². The molecule has 4 aromatic rings. The first kappa shape index (κ1) is 17.7. The van der Waals surface area contributed by atoms with E-state index in [1.807, 2.05) is 35.7 Å². The first-order valence-electron chi connectivity index (χ1n) is 7.91. The van der Waals surface area contributed by atoms with Crippen molar-refractivity contribution in [3.63, 3.8) is 0 Å². The monoisotopic (exact) mass is 414 g/mol. The Morgan fingerprint density at radius 2 is 1.89 bits per heavy atom. The van der Waals surface area contributed by atoms with E-state index in [9.17, 15) is 0 Å². The highest BCUT2D eigenvalue weighted by Gasteiger charge is 2.14. The van der Waals surface area contributed by atoms with Crippen molar-refractivity contribution in [1.29, 1.82) is 0 Å². The number of thiazole rings is 1. The third-order valence-corrected chi connectivity index (χ3v) is 4.94. The first-order valence-corrected chi connectivity index (χ1v) is 9.55. The van der Waals surface area contributed by atoms with E-state index in [0.717, 1.165) is 11.1 Å². The summed E-state index contributed by atoms with van der Waals surface area (Å²) in [5.74, 6) is 0.548. The van der Waals surface area contributed by atoms with Gasteiger partial charge in [0.2, 0.25) is 5.13 Å². The van der Waals surface area contributed by atoms with Crippen molar-refractivity contribution < 1.29 is 4.52 Å². The molecule has 4 rings (SSSR count). The fourth-order valence-electron chi connectivity index (χ4n) is 2.36. The topological polar surface area (TPSA) is 63.3 Å². The molecule has 134 valence electrons. The summed E-state index contributed by atoms with van der Waals surface area (Å²) >= 11 is 13.6. The van der Waals surface area contributed by atoms with E-state index in [-0.39, 0.29) is 0 Å². The van der Waals surface area contributed by atoms with Gasteiger partial charge in [-0.1, -0.05) is 58.7 Å². The van der Waals surface area contributed by atoms with E-state index >= 15 is 0 Å². The number of nitrogens with zero attached hydrogens (tertiary/aromatic N) is 3. The van der Waals surface area contributed by atoms with Crippen molar-refractivity contribution in [1.82, 2.24) is 10.1 Å². The lowest BCUT2D eigenvalue weighted by atomic mass is 10.1. The third-order valence-electron chi connectivity index (χ3n) is 3.65. The lowest BCUT2D eigenvalue weighted by molar-refractivity contribution is 0.434. The molecule has 2 aromatic carbocycles. The molecule has 0 radical (unpaired) electrons. The van der Waals surface area contributed by atoms with Gasteiger partial charge in [-0.2, -0.15) is 5.10 Å². The fourth-order valence-corrected chi connectivity index (χ4v) is 3.51. The molecule has 27 heavy (non-hydrogen) atoms. The number of hydrazone groups is 1. The first-order chi connectivity index (χ1) is 13.2. The molecule has 0 bridgehead atoms. The molecule has 1 N–H and O–H groups in total. The molecule has 0 spiro atoms. The summed E-state index contributed by atoms with van der Waals surface area (Å²) < 4.78 is 5.41. The Morgan fingerprint density at radius 1 is 1.04 bits per heavy atom. The van der Waals surface area contributed by atoms with Gasteiger partial charge in [-0.15, -0.1) is 11.3 Å². The number of rotatable bonds is 5. The second-order valence-corrected chi connectivity index (χ2v) is 7.22. The second-order valence-electron chi connectivity index (χ2n) is 5.52. The van der Waals surface area contributed by atoms with Crippen LogP contribution in [0.2, 0.25) is 10.0 Å². The van der Waals surface area contributed by atoms with Crippen LogP contribution in [0.5, 0.6) is 0 Å². The Kier molecular flexibility index (Phi) is 5.20. The molecular formula is C19H12Cl2N4OS. The number of aromatic nitrogens is 2. The average molecular weight is 415 g/mol. The largest absolute Gasteiger partial charge is 0.354 e. The van der Waals surface area contributed by atoms with Gasteiger partial charge < -0.3 is 4.52 Å². The van der Waals surface area contributed by atoms with Crippen LogP contribution < -0.4 is 5.43 Å².